The SMILES string of the molecule is C/C=C(/CO)Nc1cc(N2CCCC2)nc2cc(-c3nc4ccccc4nc3C)nn12. The van der Waals surface area contributed by atoms with Crippen LogP contribution >= 0.6 is 0 Å². The molecule has 0 unspecified atom stereocenters. The predicted molar refractivity (Wildman–Crippen MR) is 122 cm³/mol. The Hall–Kier alpha value is -3.52. The second-order valence-electron chi connectivity index (χ2n) is 7.74. The summed E-state index contributed by atoms with van der Waals surface area (Å²) in [6, 6.07) is 11.8. The number of hydrogen-bond donors (Lipinski definition) is 2. The van der Waals surface area contributed by atoms with Crippen LogP contribution in [0.5, 0.6) is 0 Å². The average Bonchev–Trinajstić information content (AvgIpc) is 3.46. The number of allylic oxidation sites excluding steroid dienone is 1. The van der Waals surface area contributed by atoms with Crippen LogP contribution in [0.15, 0.2) is 48.2 Å². The van der Waals surface area contributed by atoms with E-state index < -0.39 is 0 Å². The summed E-state index contributed by atoms with van der Waals surface area (Å²) in [6.07, 6.45) is 4.19. The topological polar surface area (TPSA) is 91.5 Å². The lowest BCUT2D eigenvalue weighted by atomic mass is 10.2. The minimum atomic E-state index is -0.0806. The van der Waals surface area contributed by atoms with Crippen LogP contribution in [0.4, 0.5) is 11.6 Å². The molecule has 8 nitrogen and oxygen atoms in total. The lowest BCUT2D eigenvalue weighted by molar-refractivity contribution is 0.332. The van der Waals surface area contributed by atoms with Gasteiger partial charge in [0.2, 0.25) is 0 Å². The molecule has 0 aliphatic carbocycles. The molecule has 3 aromatic heterocycles. The zero-order valence-corrected chi connectivity index (χ0v) is 17.7. The van der Waals surface area contributed by atoms with Crippen molar-refractivity contribution in [2.24, 2.45) is 0 Å². The van der Waals surface area contributed by atoms with Gasteiger partial charge in [0, 0.05) is 30.9 Å². The van der Waals surface area contributed by atoms with Gasteiger partial charge in [-0.2, -0.15) is 9.61 Å². The number of aliphatic hydroxyl groups is 1. The predicted octanol–water partition coefficient (Wildman–Crippen LogP) is 3.56. The van der Waals surface area contributed by atoms with E-state index in [2.05, 4.69) is 10.2 Å². The van der Waals surface area contributed by atoms with E-state index in [4.69, 9.17) is 20.1 Å². The number of fused-ring (bicyclic) bond motifs is 2. The molecular formula is C23H25N7O. The highest BCUT2D eigenvalue weighted by Crippen LogP contribution is 2.28. The lowest BCUT2D eigenvalue weighted by Crippen LogP contribution is -2.20. The molecule has 0 bridgehead atoms. The van der Waals surface area contributed by atoms with Crippen LogP contribution in [0, 0.1) is 6.92 Å². The molecule has 4 heterocycles. The Kier molecular flexibility index (Phi) is 4.99. The van der Waals surface area contributed by atoms with E-state index in [9.17, 15) is 5.11 Å². The number of benzene rings is 1. The number of aliphatic hydroxyl groups excluding tert-OH is 1. The van der Waals surface area contributed by atoms with Crippen LogP contribution < -0.4 is 10.2 Å². The number of aromatic nitrogens is 5. The Bertz CT molecular complexity index is 1290. The fraction of sp³-hybridized carbons (Fsp3) is 0.304. The van der Waals surface area contributed by atoms with Gasteiger partial charge in [-0.05, 0) is 38.8 Å². The molecule has 1 fully saturated rings. The number of nitrogens with one attached hydrogen (secondary N) is 1. The zero-order chi connectivity index (χ0) is 21.4. The van der Waals surface area contributed by atoms with Crippen molar-refractivity contribution in [3.8, 4) is 11.4 Å². The van der Waals surface area contributed by atoms with Crippen LogP contribution in [0.25, 0.3) is 28.1 Å². The second kappa shape index (κ2) is 7.96. The molecule has 1 aliphatic heterocycles. The first-order valence-corrected chi connectivity index (χ1v) is 10.6. The van der Waals surface area contributed by atoms with Crippen molar-refractivity contribution >= 4 is 28.3 Å². The number of aryl methyl sites for hydroxylation is 1. The number of rotatable bonds is 5. The van der Waals surface area contributed by atoms with Gasteiger partial charge in [-0.25, -0.2) is 15.0 Å². The normalized spacial score (nSPS) is 14.7. The van der Waals surface area contributed by atoms with Gasteiger partial charge < -0.3 is 15.3 Å². The first kappa shape index (κ1) is 19.4. The van der Waals surface area contributed by atoms with Gasteiger partial charge in [0.05, 0.1) is 23.3 Å². The van der Waals surface area contributed by atoms with Crippen molar-refractivity contribution in [1.82, 2.24) is 24.6 Å². The summed E-state index contributed by atoms with van der Waals surface area (Å²) in [6.45, 7) is 5.75. The molecule has 8 heteroatoms. The second-order valence-corrected chi connectivity index (χ2v) is 7.74. The van der Waals surface area contributed by atoms with Crippen molar-refractivity contribution < 1.29 is 5.11 Å². The molecule has 0 saturated carbocycles. The average molecular weight is 416 g/mol. The molecule has 0 spiro atoms. The molecule has 2 N–H and O–H groups in total. The largest absolute Gasteiger partial charge is 0.390 e. The maximum atomic E-state index is 9.66. The van der Waals surface area contributed by atoms with Gasteiger partial charge >= 0.3 is 0 Å². The fourth-order valence-electron chi connectivity index (χ4n) is 3.97. The van der Waals surface area contributed by atoms with Crippen molar-refractivity contribution in [3.05, 3.63) is 53.9 Å². The standard InChI is InChI=1S/C23H25N7O/c1-3-16(14-31)25-22-13-20(29-10-6-7-11-29)27-21-12-19(28-30(21)22)23-15(2)24-17-8-4-5-9-18(17)26-23/h3-5,8-9,12-13,25,31H,6-7,10-11,14H2,1-2H3/b16-3-. The maximum Gasteiger partial charge on any atom is 0.160 e. The van der Waals surface area contributed by atoms with Crippen LogP contribution in [-0.4, -0.2) is 49.4 Å². The van der Waals surface area contributed by atoms with Crippen LogP contribution in [-0.2, 0) is 0 Å². The number of hydrogen-bond acceptors (Lipinski definition) is 7. The molecule has 5 rings (SSSR count). The molecule has 0 amide bonds. The molecule has 1 aliphatic rings. The van der Waals surface area contributed by atoms with Crippen LogP contribution in [0.1, 0.15) is 25.5 Å². The number of anilines is 2. The molecule has 0 atom stereocenters. The summed E-state index contributed by atoms with van der Waals surface area (Å²) in [4.78, 5) is 16.7. The van der Waals surface area contributed by atoms with Gasteiger partial charge in [0.1, 0.15) is 23.0 Å². The Morgan fingerprint density at radius 1 is 1.10 bits per heavy atom. The summed E-state index contributed by atoms with van der Waals surface area (Å²) >= 11 is 0. The Labute approximate surface area is 180 Å². The van der Waals surface area contributed by atoms with Gasteiger partial charge in [-0.3, -0.25) is 0 Å². The highest BCUT2D eigenvalue weighted by Gasteiger charge is 2.19. The van der Waals surface area contributed by atoms with Crippen molar-refractivity contribution in [2.45, 2.75) is 26.7 Å². The smallest absolute Gasteiger partial charge is 0.160 e. The van der Waals surface area contributed by atoms with Crippen LogP contribution in [0.3, 0.4) is 0 Å². The van der Waals surface area contributed by atoms with Crippen molar-refractivity contribution in [1.29, 1.82) is 0 Å². The molecule has 31 heavy (non-hydrogen) atoms. The molecular weight excluding hydrogens is 390 g/mol. The van der Waals surface area contributed by atoms with Gasteiger partial charge in [0.15, 0.2) is 5.65 Å². The van der Waals surface area contributed by atoms with E-state index in [0.717, 1.165) is 58.5 Å². The molecule has 1 saturated heterocycles. The van der Waals surface area contributed by atoms with Gasteiger partial charge in [-0.1, -0.05) is 18.2 Å². The summed E-state index contributed by atoms with van der Waals surface area (Å²) in [5.41, 5.74) is 5.41. The molecule has 4 aromatic rings. The zero-order valence-electron chi connectivity index (χ0n) is 17.7. The summed E-state index contributed by atoms with van der Waals surface area (Å²) in [7, 11) is 0. The Morgan fingerprint density at radius 3 is 2.55 bits per heavy atom. The Balaban J connectivity index is 1.66. The summed E-state index contributed by atoms with van der Waals surface area (Å²) in [5.74, 6) is 1.67. The van der Waals surface area contributed by atoms with E-state index in [1.54, 1.807) is 4.52 Å². The van der Waals surface area contributed by atoms with Gasteiger partial charge in [0.25, 0.3) is 0 Å². The lowest BCUT2D eigenvalue weighted by Gasteiger charge is -2.18. The fourth-order valence-corrected chi connectivity index (χ4v) is 3.97. The Morgan fingerprint density at radius 2 is 1.84 bits per heavy atom. The third kappa shape index (κ3) is 3.59. The van der Waals surface area contributed by atoms with Crippen molar-refractivity contribution in [3.63, 3.8) is 0 Å². The first-order chi connectivity index (χ1) is 15.2. The van der Waals surface area contributed by atoms with Crippen LogP contribution in [0.2, 0.25) is 0 Å². The van der Waals surface area contributed by atoms with E-state index in [1.165, 1.54) is 12.8 Å². The molecule has 158 valence electrons. The highest BCUT2D eigenvalue weighted by molar-refractivity contribution is 5.78. The number of nitrogens with zero attached hydrogens (tertiary/aromatic N) is 6. The quantitative estimate of drug-likeness (QED) is 0.515. The van der Waals surface area contributed by atoms with E-state index in [-0.39, 0.29) is 6.61 Å². The molecule has 1 aromatic carbocycles. The highest BCUT2D eigenvalue weighted by atomic mass is 16.3. The minimum absolute atomic E-state index is 0.0806. The summed E-state index contributed by atoms with van der Waals surface area (Å²) in [5, 5.41) is 17.8. The van der Waals surface area contributed by atoms with Crippen molar-refractivity contribution in [2.75, 3.05) is 29.9 Å². The monoisotopic (exact) mass is 415 g/mol. The minimum Gasteiger partial charge on any atom is -0.390 e. The summed E-state index contributed by atoms with van der Waals surface area (Å²) < 4.78 is 1.77. The third-order valence-electron chi connectivity index (χ3n) is 5.64. The van der Waals surface area contributed by atoms with Gasteiger partial charge in [-0.15, -0.1) is 0 Å². The maximum absolute atomic E-state index is 9.66. The number of para-hydroxylation sites is 2. The van der Waals surface area contributed by atoms with E-state index in [0.29, 0.717) is 5.70 Å². The first-order valence-electron chi connectivity index (χ1n) is 10.6. The third-order valence-corrected chi connectivity index (χ3v) is 5.64. The molecule has 0 radical (unpaired) electrons. The van der Waals surface area contributed by atoms with E-state index >= 15 is 0 Å². The van der Waals surface area contributed by atoms with E-state index in [1.807, 2.05) is 56.3 Å².